The number of halogens is 1. The van der Waals surface area contributed by atoms with Crippen LogP contribution in [-0.2, 0) is 6.42 Å². The van der Waals surface area contributed by atoms with E-state index in [1.165, 1.54) is 29.8 Å². The molecule has 2 aromatic rings. The first kappa shape index (κ1) is 12.0. The number of hydrogen-bond acceptors (Lipinski definition) is 2. The average Bonchev–Trinajstić information content (AvgIpc) is 3.21. The summed E-state index contributed by atoms with van der Waals surface area (Å²) in [6, 6.07) is 10.1. The van der Waals surface area contributed by atoms with E-state index < -0.39 is 0 Å². The largest absolute Gasteiger partial charge is 0.324 e. The van der Waals surface area contributed by atoms with E-state index in [9.17, 15) is 4.39 Å². The van der Waals surface area contributed by atoms with Crippen LogP contribution in [0.2, 0.25) is 0 Å². The predicted molar refractivity (Wildman–Crippen MR) is 75.6 cm³/mol. The molecular weight excluding hydrogens is 251 g/mol. The topological polar surface area (TPSA) is 38.9 Å². The van der Waals surface area contributed by atoms with Crippen LogP contribution >= 0.6 is 0 Å². The van der Waals surface area contributed by atoms with Crippen molar-refractivity contribution in [3.05, 3.63) is 65.2 Å². The van der Waals surface area contributed by atoms with Crippen molar-refractivity contribution in [2.24, 2.45) is 17.6 Å². The lowest BCUT2D eigenvalue weighted by Gasteiger charge is -2.13. The van der Waals surface area contributed by atoms with Crippen LogP contribution in [0.3, 0.4) is 0 Å². The molecular formula is C17H17FN2. The van der Waals surface area contributed by atoms with Crippen LogP contribution in [-0.4, -0.2) is 4.98 Å². The Morgan fingerprint density at radius 2 is 2.10 bits per heavy atom. The molecule has 3 heteroatoms. The highest BCUT2D eigenvalue weighted by atomic mass is 19.1. The fourth-order valence-electron chi connectivity index (χ4n) is 3.94. The molecule has 2 nitrogen and oxygen atoms in total. The van der Waals surface area contributed by atoms with Crippen molar-refractivity contribution in [2.45, 2.75) is 24.8 Å². The number of nitrogens with two attached hydrogens (primary N) is 1. The van der Waals surface area contributed by atoms with Gasteiger partial charge in [0, 0.05) is 12.2 Å². The van der Waals surface area contributed by atoms with Crippen molar-refractivity contribution in [1.82, 2.24) is 4.98 Å². The second-order valence-electron chi connectivity index (χ2n) is 5.97. The first-order chi connectivity index (χ1) is 9.75. The van der Waals surface area contributed by atoms with E-state index in [0.717, 1.165) is 12.0 Å². The summed E-state index contributed by atoms with van der Waals surface area (Å²) in [5, 5.41) is 0. The molecule has 0 saturated heterocycles. The summed E-state index contributed by atoms with van der Waals surface area (Å²) in [5.74, 6) is 1.34. The molecule has 1 saturated carbocycles. The Kier molecular flexibility index (Phi) is 2.64. The van der Waals surface area contributed by atoms with Crippen molar-refractivity contribution >= 4 is 0 Å². The maximum absolute atomic E-state index is 13.3. The number of nitrogens with zero attached hydrogens (tertiary/aromatic N) is 1. The lowest BCUT2D eigenvalue weighted by molar-refractivity contribution is 0.546. The van der Waals surface area contributed by atoms with Gasteiger partial charge in [-0.2, -0.15) is 0 Å². The molecule has 2 aliphatic rings. The molecule has 2 aliphatic carbocycles. The second kappa shape index (κ2) is 4.38. The van der Waals surface area contributed by atoms with Gasteiger partial charge in [0.05, 0.1) is 6.20 Å². The highest BCUT2D eigenvalue weighted by Gasteiger charge is 2.55. The molecule has 20 heavy (non-hydrogen) atoms. The number of hydrogen-bond donors (Lipinski definition) is 1. The van der Waals surface area contributed by atoms with Crippen molar-refractivity contribution in [3.63, 3.8) is 0 Å². The molecule has 4 rings (SSSR count). The molecule has 1 fully saturated rings. The van der Waals surface area contributed by atoms with Gasteiger partial charge < -0.3 is 5.73 Å². The Balaban J connectivity index is 1.64. The van der Waals surface area contributed by atoms with Crippen LogP contribution in [0.15, 0.2) is 42.7 Å². The summed E-state index contributed by atoms with van der Waals surface area (Å²) in [6.45, 7) is 0. The van der Waals surface area contributed by atoms with Gasteiger partial charge in [-0.25, -0.2) is 4.39 Å². The van der Waals surface area contributed by atoms with Crippen LogP contribution in [0.5, 0.6) is 0 Å². The van der Waals surface area contributed by atoms with Gasteiger partial charge in [-0.15, -0.1) is 0 Å². The molecule has 0 amide bonds. The smallest absolute Gasteiger partial charge is 0.141 e. The summed E-state index contributed by atoms with van der Waals surface area (Å²) in [5.41, 5.74) is 10.1. The van der Waals surface area contributed by atoms with Crippen molar-refractivity contribution in [1.29, 1.82) is 0 Å². The van der Waals surface area contributed by atoms with Crippen LogP contribution in [0.25, 0.3) is 0 Å². The third-order valence-electron chi connectivity index (χ3n) is 4.92. The molecule has 0 bridgehead atoms. The van der Waals surface area contributed by atoms with E-state index in [4.69, 9.17) is 5.73 Å². The van der Waals surface area contributed by atoms with E-state index in [1.54, 1.807) is 6.20 Å². The Labute approximate surface area is 117 Å². The van der Waals surface area contributed by atoms with Crippen LogP contribution in [0.1, 0.15) is 35.1 Å². The predicted octanol–water partition coefficient (Wildman–Crippen LogP) is 3.20. The van der Waals surface area contributed by atoms with Gasteiger partial charge in [0.25, 0.3) is 0 Å². The molecule has 0 radical (unpaired) electrons. The zero-order chi connectivity index (χ0) is 13.7. The van der Waals surface area contributed by atoms with Crippen LogP contribution in [0, 0.1) is 17.7 Å². The third-order valence-corrected chi connectivity index (χ3v) is 4.92. The summed E-state index contributed by atoms with van der Waals surface area (Å²) in [7, 11) is 0. The molecule has 1 aromatic carbocycles. The maximum Gasteiger partial charge on any atom is 0.141 e. The van der Waals surface area contributed by atoms with E-state index in [0.29, 0.717) is 17.8 Å². The fourth-order valence-corrected chi connectivity index (χ4v) is 3.94. The quantitative estimate of drug-likeness (QED) is 0.908. The Morgan fingerprint density at radius 3 is 2.95 bits per heavy atom. The van der Waals surface area contributed by atoms with E-state index in [2.05, 4.69) is 29.2 Å². The number of rotatable bonds is 2. The van der Waals surface area contributed by atoms with E-state index in [-0.39, 0.29) is 11.9 Å². The van der Waals surface area contributed by atoms with Crippen molar-refractivity contribution < 1.29 is 4.39 Å². The standard InChI is InChI=1S/C17H17FN2/c18-12-7-11(8-20-9-12)17(19)16-14-6-5-10-3-1-2-4-13(10)15(14)16/h1-4,7-9,14-17H,5-6,19H2. The summed E-state index contributed by atoms with van der Waals surface area (Å²) < 4.78 is 13.3. The SMILES string of the molecule is NC(c1cncc(F)c1)C1C2CCc3ccccc3C21. The zero-order valence-electron chi connectivity index (χ0n) is 11.2. The van der Waals surface area contributed by atoms with E-state index >= 15 is 0 Å². The Hall–Kier alpha value is -1.74. The van der Waals surface area contributed by atoms with Crippen molar-refractivity contribution in [2.75, 3.05) is 0 Å². The lowest BCUT2D eigenvalue weighted by atomic mass is 9.92. The molecule has 102 valence electrons. The van der Waals surface area contributed by atoms with Gasteiger partial charge in [0.15, 0.2) is 0 Å². The lowest BCUT2D eigenvalue weighted by Crippen LogP contribution is -2.14. The minimum absolute atomic E-state index is 0.112. The zero-order valence-corrected chi connectivity index (χ0v) is 11.2. The van der Waals surface area contributed by atoms with E-state index in [1.807, 2.05) is 0 Å². The number of fused-ring (bicyclic) bond motifs is 3. The fraction of sp³-hybridized carbons (Fsp3) is 0.353. The van der Waals surface area contributed by atoms with Crippen molar-refractivity contribution in [3.8, 4) is 0 Å². The van der Waals surface area contributed by atoms with Gasteiger partial charge in [-0.3, -0.25) is 4.98 Å². The van der Waals surface area contributed by atoms with Gasteiger partial charge in [0.2, 0.25) is 0 Å². The highest BCUT2D eigenvalue weighted by Crippen LogP contribution is 2.63. The summed E-state index contributed by atoms with van der Waals surface area (Å²) in [6.07, 6.45) is 5.26. The number of benzene rings is 1. The molecule has 1 aromatic heterocycles. The number of pyridine rings is 1. The molecule has 4 unspecified atom stereocenters. The van der Waals surface area contributed by atoms with Gasteiger partial charge in [0.1, 0.15) is 5.82 Å². The highest BCUT2D eigenvalue weighted by molar-refractivity contribution is 5.41. The molecule has 0 spiro atoms. The van der Waals surface area contributed by atoms with Gasteiger partial charge in [-0.1, -0.05) is 24.3 Å². The normalized spacial score (nSPS) is 28.4. The van der Waals surface area contributed by atoms with Crippen LogP contribution in [0.4, 0.5) is 4.39 Å². The number of aryl methyl sites for hydroxylation is 1. The molecule has 2 N–H and O–H groups in total. The van der Waals surface area contributed by atoms with Crippen LogP contribution < -0.4 is 5.73 Å². The Morgan fingerprint density at radius 1 is 1.25 bits per heavy atom. The average molecular weight is 268 g/mol. The summed E-state index contributed by atoms with van der Waals surface area (Å²) >= 11 is 0. The minimum atomic E-state index is -0.304. The number of aromatic nitrogens is 1. The monoisotopic (exact) mass is 268 g/mol. The molecule has 4 atom stereocenters. The van der Waals surface area contributed by atoms with Gasteiger partial charge >= 0.3 is 0 Å². The minimum Gasteiger partial charge on any atom is -0.324 e. The molecule has 1 heterocycles. The summed E-state index contributed by atoms with van der Waals surface area (Å²) in [4.78, 5) is 3.92. The second-order valence-corrected chi connectivity index (χ2v) is 5.97. The molecule has 0 aliphatic heterocycles. The third kappa shape index (κ3) is 1.77. The first-order valence-electron chi connectivity index (χ1n) is 7.19. The first-order valence-corrected chi connectivity index (χ1v) is 7.19. The maximum atomic E-state index is 13.3. The Bertz CT molecular complexity index is 655. The van der Waals surface area contributed by atoms with Gasteiger partial charge in [-0.05, 0) is 53.4 Å².